The van der Waals surface area contributed by atoms with E-state index in [4.69, 9.17) is 9.47 Å². The third-order valence-electron chi connectivity index (χ3n) is 3.28. The molecule has 0 amide bonds. The second kappa shape index (κ2) is 6.62. The molecule has 1 N–H and O–H groups in total. The molecule has 106 valence electrons. The number of halogens is 1. The summed E-state index contributed by atoms with van der Waals surface area (Å²) in [6, 6.07) is 3.78. The molecule has 1 unspecified atom stereocenters. The van der Waals surface area contributed by atoms with E-state index in [1.165, 1.54) is 12.8 Å². The minimum absolute atomic E-state index is 0.434. The van der Waals surface area contributed by atoms with Crippen molar-refractivity contribution < 1.29 is 14.6 Å². The molecule has 1 atom stereocenters. The van der Waals surface area contributed by atoms with Crippen molar-refractivity contribution >= 4 is 15.9 Å². The highest BCUT2D eigenvalue weighted by Gasteiger charge is 2.26. The first-order valence-electron chi connectivity index (χ1n) is 6.92. The van der Waals surface area contributed by atoms with Gasteiger partial charge in [0.05, 0.1) is 19.3 Å². The van der Waals surface area contributed by atoms with Crippen LogP contribution in [-0.4, -0.2) is 18.3 Å². The van der Waals surface area contributed by atoms with Crippen LogP contribution in [0.2, 0.25) is 0 Å². The molecule has 3 nitrogen and oxygen atoms in total. The maximum atomic E-state index is 10.3. The molecule has 1 aliphatic carbocycles. The second-order valence-corrected chi connectivity index (χ2v) is 5.74. The predicted molar refractivity (Wildman–Crippen MR) is 78.8 cm³/mol. The Morgan fingerprint density at radius 3 is 2.32 bits per heavy atom. The topological polar surface area (TPSA) is 38.7 Å². The third-order valence-corrected chi connectivity index (χ3v) is 3.96. The van der Waals surface area contributed by atoms with Gasteiger partial charge in [-0.25, -0.2) is 0 Å². The van der Waals surface area contributed by atoms with Crippen LogP contribution in [0.5, 0.6) is 11.5 Å². The largest absolute Gasteiger partial charge is 0.490 e. The number of aliphatic hydroxyl groups is 1. The molecule has 0 saturated heterocycles. The molecule has 0 bridgehead atoms. The van der Waals surface area contributed by atoms with Crippen molar-refractivity contribution in [2.45, 2.75) is 39.2 Å². The second-order valence-electron chi connectivity index (χ2n) is 4.88. The van der Waals surface area contributed by atoms with Crippen LogP contribution in [0.3, 0.4) is 0 Å². The normalized spacial score (nSPS) is 16.2. The Balaban J connectivity index is 2.23. The summed E-state index contributed by atoms with van der Waals surface area (Å²) in [6.45, 7) is 5.06. The fourth-order valence-corrected chi connectivity index (χ4v) is 2.73. The van der Waals surface area contributed by atoms with E-state index in [2.05, 4.69) is 15.9 Å². The summed E-state index contributed by atoms with van der Waals surface area (Å²) in [5.41, 5.74) is 0.888. The number of aliphatic hydroxyl groups excluding tert-OH is 1. The van der Waals surface area contributed by atoms with Crippen LogP contribution in [0.4, 0.5) is 0 Å². The summed E-state index contributed by atoms with van der Waals surface area (Å²) >= 11 is 3.52. The van der Waals surface area contributed by atoms with Gasteiger partial charge in [0.25, 0.3) is 0 Å². The van der Waals surface area contributed by atoms with Crippen LogP contribution in [0.25, 0.3) is 0 Å². The Morgan fingerprint density at radius 1 is 1.21 bits per heavy atom. The Morgan fingerprint density at radius 2 is 1.79 bits per heavy atom. The van der Waals surface area contributed by atoms with Gasteiger partial charge in [-0.3, -0.25) is 0 Å². The van der Waals surface area contributed by atoms with Crippen molar-refractivity contribution in [1.82, 2.24) is 0 Å². The standard InChI is InChI=1S/C15H21BrO3/c1-3-18-14-8-11(13(17)7-10-5-6-10)12(16)9-15(14)19-4-2/h8-10,13,17H,3-7H2,1-2H3. The lowest BCUT2D eigenvalue weighted by molar-refractivity contribution is 0.159. The zero-order valence-electron chi connectivity index (χ0n) is 11.5. The van der Waals surface area contributed by atoms with E-state index in [0.29, 0.717) is 24.9 Å². The van der Waals surface area contributed by atoms with Crippen LogP contribution < -0.4 is 9.47 Å². The van der Waals surface area contributed by atoms with E-state index >= 15 is 0 Å². The van der Waals surface area contributed by atoms with Crippen molar-refractivity contribution in [3.63, 3.8) is 0 Å². The lowest BCUT2D eigenvalue weighted by atomic mass is 10.0. The Kier molecular flexibility index (Phi) is 5.11. The Hall–Kier alpha value is -0.740. The molecular formula is C15H21BrO3. The summed E-state index contributed by atoms with van der Waals surface area (Å²) in [5.74, 6) is 2.11. The Labute approximate surface area is 123 Å². The van der Waals surface area contributed by atoms with E-state index in [-0.39, 0.29) is 0 Å². The first-order valence-corrected chi connectivity index (χ1v) is 7.72. The summed E-state index contributed by atoms with van der Waals surface area (Å²) in [5, 5.41) is 10.3. The molecule has 4 heteroatoms. The number of hydrogen-bond donors (Lipinski definition) is 1. The van der Waals surface area contributed by atoms with E-state index < -0.39 is 6.10 Å². The molecule has 1 fully saturated rings. The smallest absolute Gasteiger partial charge is 0.162 e. The fourth-order valence-electron chi connectivity index (χ4n) is 2.14. The molecule has 1 aromatic carbocycles. The van der Waals surface area contributed by atoms with Gasteiger partial charge < -0.3 is 14.6 Å². The third kappa shape index (κ3) is 3.86. The summed E-state index contributed by atoms with van der Waals surface area (Å²) in [6.07, 6.45) is 2.88. The van der Waals surface area contributed by atoms with Crippen molar-refractivity contribution in [3.8, 4) is 11.5 Å². The highest BCUT2D eigenvalue weighted by molar-refractivity contribution is 9.10. The van der Waals surface area contributed by atoms with Crippen LogP contribution >= 0.6 is 15.9 Å². The SMILES string of the molecule is CCOc1cc(Br)c(C(O)CC2CC2)cc1OCC. The zero-order chi connectivity index (χ0) is 13.8. The predicted octanol–water partition coefficient (Wildman–Crippen LogP) is 4.08. The molecule has 19 heavy (non-hydrogen) atoms. The average Bonchev–Trinajstić information content (AvgIpc) is 3.16. The van der Waals surface area contributed by atoms with Crippen LogP contribution in [0.15, 0.2) is 16.6 Å². The van der Waals surface area contributed by atoms with Gasteiger partial charge in [0.2, 0.25) is 0 Å². The average molecular weight is 329 g/mol. The highest BCUT2D eigenvalue weighted by Crippen LogP contribution is 2.42. The fraction of sp³-hybridized carbons (Fsp3) is 0.600. The number of hydrogen-bond acceptors (Lipinski definition) is 3. The molecule has 0 spiro atoms. The molecule has 1 aromatic rings. The van der Waals surface area contributed by atoms with E-state index in [1.807, 2.05) is 26.0 Å². The highest BCUT2D eigenvalue weighted by atomic mass is 79.9. The Bertz CT molecular complexity index is 430. The molecule has 0 aliphatic heterocycles. The minimum atomic E-state index is -0.434. The molecule has 1 aliphatic rings. The van der Waals surface area contributed by atoms with Crippen molar-refractivity contribution in [2.24, 2.45) is 5.92 Å². The first kappa shape index (κ1) is 14.7. The summed E-state index contributed by atoms with van der Waals surface area (Å²) in [7, 11) is 0. The number of rotatable bonds is 7. The summed E-state index contributed by atoms with van der Waals surface area (Å²) < 4.78 is 12.0. The molecular weight excluding hydrogens is 308 g/mol. The van der Waals surface area contributed by atoms with Gasteiger partial charge in [0, 0.05) is 4.47 Å². The van der Waals surface area contributed by atoms with Gasteiger partial charge in [-0.05, 0) is 43.9 Å². The molecule has 1 saturated carbocycles. The monoisotopic (exact) mass is 328 g/mol. The lowest BCUT2D eigenvalue weighted by Crippen LogP contribution is -2.04. The van der Waals surface area contributed by atoms with Gasteiger partial charge in [-0.2, -0.15) is 0 Å². The minimum Gasteiger partial charge on any atom is -0.490 e. The molecule has 0 heterocycles. The van der Waals surface area contributed by atoms with E-state index in [9.17, 15) is 5.11 Å². The summed E-state index contributed by atoms with van der Waals surface area (Å²) in [4.78, 5) is 0. The number of ether oxygens (including phenoxy) is 2. The molecule has 0 radical (unpaired) electrons. The maximum Gasteiger partial charge on any atom is 0.162 e. The van der Waals surface area contributed by atoms with Gasteiger partial charge in [0.15, 0.2) is 11.5 Å². The lowest BCUT2D eigenvalue weighted by Gasteiger charge is -2.17. The van der Waals surface area contributed by atoms with Gasteiger partial charge in [-0.1, -0.05) is 28.8 Å². The quantitative estimate of drug-likeness (QED) is 0.819. The van der Waals surface area contributed by atoms with Gasteiger partial charge >= 0.3 is 0 Å². The maximum absolute atomic E-state index is 10.3. The van der Waals surface area contributed by atoms with Crippen molar-refractivity contribution in [2.75, 3.05) is 13.2 Å². The van der Waals surface area contributed by atoms with E-state index in [1.54, 1.807) is 0 Å². The van der Waals surface area contributed by atoms with Gasteiger partial charge in [0.1, 0.15) is 0 Å². The molecule has 2 rings (SSSR count). The van der Waals surface area contributed by atoms with E-state index in [0.717, 1.165) is 22.2 Å². The van der Waals surface area contributed by atoms with Gasteiger partial charge in [-0.15, -0.1) is 0 Å². The van der Waals surface area contributed by atoms with Crippen LogP contribution in [0, 0.1) is 5.92 Å². The van der Waals surface area contributed by atoms with Crippen LogP contribution in [0.1, 0.15) is 44.8 Å². The van der Waals surface area contributed by atoms with Crippen molar-refractivity contribution in [1.29, 1.82) is 0 Å². The zero-order valence-corrected chi connectivity index (χ0v) is 13.1. The molecule has 0 aromatic heterocycles. The van der Waals surface area contributed by atoms with Crippen molar-refractivity contribution in [3.05, 3.63) is 22.2 Å². The first-order chi connectivity index (χ1) is 9.15. The van der Waals surface area contributed by atoms with Crippen LogP contribution in [-0.2, 0) is 0 Å². The number of benzene rings is 1.